The van der Waals surface area contributed by atoms with E-state index in [2.05, 4.69) is 55.4 Å². The van der Waals surface area contributed by atoms with Crippen LogP contribution in [-0.4, -0.2) is 81.6 Å². The summed E-state index contributed by atoms with van der Waals surface area (Å²) in [4.78, 5) is 1.89. The van der Waals surface area contributed by atoms with Gasteiger partial charge in [-0.3, -0.25) is 4.90 Å². The van der Waals surface area contributed by atoms with Crippen LogP contribution in [0.2, 0.25) is 0 Å². The van der Waals surface area contributed by atoms with Gasteiger partial charge in [-0.2, -0.15) is 0 Å². The predicted octanol–water partition coefficient (Wildman–Crippen LogP) is 7.44. The molecule has 1 fully saturated rings. The Hall–Kier alpha value is -1.38. The number of β-amino-alcohol motifs (C(OH)–C–C–N with tert-alkyl or cyclic N) is 1. The number of benzene rings is 1. The number of aliphatic hydroxyl groups is 4. The smallest absolute Gasteiger partial charge is 0.127 e. The van der Waals surface area contributed by atoms with Crippen molar-refractivity contribution in [1.29, 1.82) is 0 Å². The maximum Gasteiger partial charge on any atom is 0.127 e. The van der Waals surface area contributed by atoms with Crippen LogP contribution < -0.4 is 9.47 Å². The fourth-order valence-electron chi connectivity index (χ4n) is 7.88. The van der Waals surface area contributed by atoms with E-state index in [1.807, 2.05) is 4.90 Å². The minimum atomic E-state index is -1.21. The summed E-state index contributed by atoms with van der Waals surface area (Å²) < 4.78 is 13.2. The average molecular weight is 662 g/mol. The molecule has 0 unspecified atom stereocenters. The molecule has 0 aromatic heterocycles. The molecule has 1 aromatic carbocycles. The molecule has 47 heavy (non-hydrogen) atoms. The molecule has 7 atom stereocenters. The number of hydrogen-bond acceptors (Lipinski definition) is 7. The Balaban J connectivity index is 1.42. The highest BCUT2D eigenvalue weighted by atomic mass is 16.5. The fraction of sp³-hybridized carbons (Fsp3) is 0.850. The molecule has 7 nitrogen and oxygen atoms in total. The lowest BCUT2D eigenvalue weighted by molar-refractivity contribution is -0.145. The molecule has 0 spiro atoms. The Kier molecular flexibility index (Phi) is 16.3. The molecular weight excluding hydrogens is 590 g/mol. The maximum absolute atomic E-state index is 10.2. The second-order valence-electron chi connectivity index (χ2n) is 16.1. The number of fused-ring (bicyclic) bond motifs is 1. The van der Waals surface area contributed by atoms with Crippen molar-refractivity contribution >= 4 is 0 Å². The molecule has 0 amide bonds. The summed E-state index contributed by atoms with van der Waals surface area (Å²) in [7, 11) is 0. The number of likely N-dealkylation sites (tertiary alicyclic amines) is 1. The van der Waals surface area contributed by atoms with Gasteiger partial charge in [-0.05, 0) is 114 Å². The molecule has 0 aliphatic carbocycles. The summed E-state index contributed by atoms with van der Waals surface area (Å²) in [5.41, 5.74) is 4.76. The van der Waals surface area contributed by atoms with Crippen LogP contribution in [0, 0.1) is 38.5 Å². The molecule has 7 heteroatoms. The van der Waals surface area contributed by atoms with Crippen LogP contribution >= 0.6 is 0 Å². The Bertz CT molecular complexity index is 1080. The van der Waals surface area contributed by atoms with Crippen molar-refractivity contribution in [3.8, 4) is 11.5 Å². The van der Waals surface area contributed by atoms with Gasteiger partial charge in [0.15, 0.2) is 0 Å². The van der Waals surface area contributed by atoms with E-state index in [1.165, 1.54) is 68.1 Å². The lowest BCUT2D eigenvalue weighted by Gasteiger charge is -2.43. The van der Waals surface area contributed by atoms with Crippen molar-refractivity contribution in [1.82, 2.24) is 4.90 Å². The van der Waals surface area contributed by atoms with Gasteiger partial charge < -0.3 is 29.9 Å². The third kappa shape index (κ3) is 11.6. The van der Waals surface area contributed by atoms with Crippen molar-refractivity contribution in [2.75, 3.05) is 26.3 Å². The van der Waals surface area contributed by atoms with E-state index in [1.54, 1.807) is 0 Å². The number of unbranched alkanes of at least 4 members (excludes halogenated alkanes) is 2. The molecule has 272 valence electrons. The van der Waals surface area contributed by atoms with Crippen LogP contribution in [0.4, 0.5) is 0 Å². The van der Waals surface area contributed by atoms with Crippen LogP contribution in [0.15, 0.2) is 0 Å². The number of nitrogens with zero attached hydrogens (tertiary/aromatic N) is 1. The standard InChI is InChI=1S/C40H71NO6/c1-27(2)15-12-16-28(3)17-13-18-29(4)19-14-21-40(8)22-20-33-32(7)38(30(5)31(6)39(33)47-40)46-24-11-9-10-23-41-25-35(43)37(45)36(44)34(41)26-42/h27-29,34-37,42-45H,9-26H2,1-8H3/t28-,29-,34-,35+,36-,37-,40-/m1/s1. The Morgan fingerprint density at radius 2 is 1.45 bits per heavy atom. The lowest BCUT2D eigenvalue weighted by atomic mass is 9.83. The topological polar surface area (TPSA) is 103 Å². The Morgan fingerprint density at radius 1 is 0.809 bits per heavy atom. The first-order chi connectivity index (χ1) is 22.3. The number of aliphatic hydroxyl groups excluding tert-OH is 4. The summed E-state index contributed by atoms with van der Waals surface area (Å²) >= 11 is 0. The van der Waals surface area contributed by atoms with E-state index in [9.17, 15) is 20.4 Å². The van der Waals surface area contributed by atoms with Gasteiger partial charge >= 0.3 is 0 Å². The number of hydrogen-bond donors (Lipinski definition) is 4. The van der Waals surface area contributed by atoms with Gasteiger partial charge in [0.1, 0.15) is 29.3 Å². The first-order valence-corrected chi connectivity index (χ1v) is 19.1. The molecule has 2 aliphatic rings. The van der Waals surface area contributed by atoms with Gasteiger partial charge in [0.05, 0.1) is 25.4 Å². The minimum absolute atomic E-state index is 0.114. The monoisotopic (exact) mass is 662 g/mol. The largest absolute Gasteiger partial charge is 0.493 e. The van der Waals surface area contributed by atoms with Crippen LogP contribution in [0.3, 0.4) is 0 Å². The lowest BCUT2D eigenvalue weighted by Crippen LogP contribution is -2.62. The highest BCUT2D eigenvalue weighted by molar-refractivity contribution is 5.59. The summed E-state index contributed by atoms with van der Waals surface area (Å²) in [5.74, 6) is 4.54. The van der Waals surface area contributed by atoms with E-state index in [0.29, 0.717) is 13.2 Å². The zero-order valence-corrected chi connectivity index (χ0v) is 31.3. The van der Waals surface area contributed by atoms with Crippen LogP contribution in [0.25, 0.3) is 0 Å². The zero-order chi connectivity index (χ0) is 34.7. The first kappa shape index (κ1) is 40.1. The highest BCUT2D eigenvalue weighted by Crippen LogP contribution is 2.45. The van der Waals surface area contributed by atoms with Crippen molar-refractivity contribution in [2.24, 2.45) is 17.8 Å². The van der Waals surface area contributed by atoms with Crippen molar-refractivity contribution in [2.45, 2.75) is 175 Å². The Labute approximate surface area is 287 Å². The van der Waals surface area contributed by atoms with Crippen LogP contribution in [0.5, 0.6) is 11.5 Å². The van der Waals surface area contributed by atoms with Crippen molar-refractivity contribution in [3.63, 3.8) is 0 Å². The van der Waals surface area contributed by atoms with Gasteiger partial charge in [0.25, 0.3) is 0 Å². The fourth-order valence-corrected chi connectivity index (χ4v) is 7.88. The van der Waals surface area contributed by atoms with E-state index >= 15 is 0 Å². The third-order valence-corrected chi connectivity index (χ3v) is 11.4. The molecule has 0 radical (unpaired) electrons. The van der Waals surface area contributed by atoms with E-state index in [0.717, 1.165) is 73.3 Å². The quantitative estimate of drug-likeness (QED) is 0.108. The van der Waals surface area contributed by atoms with Crippen molar-refractivity contribution in [3.05, 3.63) is 22.3 Å². The highest BCUT2D eigenvalue weighted by Gasteiger charge is 2.40. The van der Waals surface area contributed by atoms with Crippen molar-refractivity contribution < 1.29 is 29.9 Å². The average Bonchev–Trinajstić information content (AvgIpc) is 3.01. The molecular formula is C40H71NO6. The van der Waals surface area contributed by atoms with E-state index in [-0.39, 0.29) is 18.8 Å². The summed E-state index contributed by atoms with van der Waals surface area (Å²) in [6.07, 6.45) is 13.2. The van der Waals surface area contributed by atoms with Crippen LogP contribution in [-0.2, 0) is 6.42 Å². The van der Waals surface area contributed by atoms with E-state index in [4.69, 9.17) is 9.47 Å². The molecule has 2 heterocycles. The first-order valence-electron chi connectivity index (χ1n) is 19.1. The second-order valence-corrected chi connectivity index (χ2v) is 16.1. The number of rotatable bonds is 20. The number of piperidine rings is 1. The van der Waals surface area contributed by atoms with Gasteiger partial charge in [-0.1, -0.05) is 72.6 Å². The van der Waals surface area contributed by atoms with Gasteiger partial charge in [-0.15, -0.1) is 0 Å². The summed E-state index contributed by atoms with van der Waals surface area (Å²) in [5, 5.41) is 39.9. The predicted molar refractivity (Wildman–Crippen MR) is 193 cm³/mol. The molecule has 0 saturated carbocycles. The van der Waals surface area contributed by atoms with Gasteiger partial charge in [0, 0.05) is 12.1 Å². The van der Waals surface area contributed by atoms with E-state index < -0.39 is 24.4 Å². The molecule has 3 rings (SSSR count). The SMILES string of the molecule is Cc1c(C)c2c(c(C)c1OCCCCCN1C[C@H](O)[C@@H](O)[C@H](O)[C@H]1CO)CC[C@@](C)(CCC[C@H](C)CCC[C@H](C)CCCC(C)C)O2. The number of ether oxygens (including phenoxy) is 2. The minimum Gasteiger partial charge on any atom is -0.493 e. The van der Waals surface area contributed by atoms with Gasteiger partial charge in [0.2, 0.25) is 0 Å². The third-order valence-electron chi connectivity index (χ3n) is 11.4. The second kappa shape index (κ2) is 19.1. The van der Waals surface area contributed by atoms with Crippen LogP contribution in [0.1, 0.15) is 140 Å². The zero-order valence-electron chi connectivity index (χ0n) is 31.3. The normalized spacial score (nSPS) is 26.2. The molecule has 2 aliphatic heterocycles. The van der Waals surface area contributed by atoms with Gasteiger partial charge in [-0.25, -0.2) is 0 Å². The molecule has 1 saturated heterocycles. The maximum atomic E-state index is 10.2. The summed E-state index contributed by atoms with van der Waals surface area (Å²) in [6, 6.07) is -0.547. The molecule has 4 N–H and O–H groups in total. The molecule has 0 bridgehead atoms. The molecule has 1 aromatic rings. The summed E-state index contributed by atoms with van der Waals surface area (Å²) in [6.45, 7) is 19.6. The Morgan fingerprint density at radius 3 is 2.09 bits per heavy atom.